The van der Waals surface area contributed by atoms with Crippen LogP contribution in [0.4, 0.5) is 0 Å². The van der Waals surface area contributed by atoms with Crippen molar-refractivity contribution in [3.05, 3.63) is 41.6 Å². The van der Waals surface area contributed by atoms with Crippen molar-refractivity contribution in [3.63, 3.8) is 0 Å². The van der Waals surface area contributed by atoms with Gasteiger partial charge in [-0.1, -0.05) is 0 Å². The van der Waals surface area contributed by atoms with Crippen LogP contribution < -0.4 is 5.32 Å². The maximum atomic E-state index is 12.3. The van der Waals surface area contributed by atoms with Gasteiger partial charge in [0.25, 0.3) is 5.91 Å². The number of hydrogen-bond acceptors (Lipinski definition) is 4. The molecule has 23 heavy (non-hydrogen) atoms. The lowest BCUT2D eigenvalue weighted by molar-refractivity contribution is 0.0936. The van der Waals surface area contributed by atoms with Gasteiger partial charge in [-0.3, -0.25) is 14.4 Å². The Kier molecular flexibility index (Phi) is 4.81. The molecule has 6 heteroatoms. The number of aromatic nitrogens is 2. The SMILES string of the molecule is CCn1nc(C)cc1C(=O)NC[C@H]1CCN(Cc2ccoc2)C1. The van der Waals surface area contributed by atoms with Crippen LogP contribution >= 0.6 is 0 Å². The first-order chi connectivity index (χ1) is 11.2. The highest BCUT2D eigenvalue weighted by atomic mass is 16.3. The fourth-order valence-electron chi connectivity index (χ4n) is 3.16. The Labute approximate surface area is 136 Å². The Bertz CT molecular complexity index is 648. The highest BCUT2D eigenvalue weighted by Gasteiger charge is 2.23. The van der Waals surface area contributed by atoms with Gasteiger partial charge in [0.05, 0.1) is 18.2 Å². The van der Waals surface area contributed by atoms with Crippen molar-refractivity contribution in [2.45, 2.75) is 33.4 Å². The summed E-state index contributed by atoms with van der Waals surface area (Å²) in [6.45, 7) is 8.33. The number of hydrogen-bond donors (Lipinski definition) is 1. The van der Waals surface area contributed by atoms with E-state index in [-0.39, 0.29) is 5.91 Å². The summed E-state index contributed by atoms with van der Waals surface area (Å²) in [4.78, 5) is 14.7. The highest BCUT2D eigenvalue weighted by molar-refractivity contribution is 5.92. The van der Waals surface area contributed by atoms with Crippen molar-refractivity contribution in [3.8, 4) is 0 Å². The Hall–Kier alpha value is -2.08. The summed E-state index contributed by atoms with van der Waals surface area (Å²) in [7, 11) is 0. The molecule has 0 aromatic carbocycles. The molecule has 1 N–H and O–H groups in total. The van der Waals surface area contributed by atoms with Crippen molar-refractivity contribution in [1.82, 2.24) is 20.0 Å². The van der Waals surface area contributed by atoms with Gasteiger partial charge >= 0.3 is 0 Å². The fraction of sp³-hybridized carbons (Fsp3) is 0.529. The van der Waals surface area contributed by atoms with E-state index < -0.39 is 0 Å². The van der Waals surface area contributed by atoms with Crippen LogP contribution in [0, 0.1) is 12.8 Å². The zero-order valence-electron chi connectivity index (χ0n) is 13.8. The second-order valence-corrected chi connectivity index (χ2v) is 6.22. The summed E-state index contributed by atoms with van der Waals surface area (Å²) >= 11 is 0. The van der Waals surface area contributed by atoms with E-state index in [1.54, 1.807) is 17.2 Å². The van der Waals surface area contributed by atoms with Crippen LogP contribution in [0.1, 0.15) is 35.1 Å². The number of amides is 1. The molecule has 1 fully saturated rings. The maximum Gasteiger partial charge on any atom is 0.269 e. The number of rotatable bonds is 6. The predicted octanol–water partition coefficient (Wildman–Crippen LogP) is 2.06. The van der Waals surface area contributed by atoms with Crippen LogP contribution in [0.2, 0.25) is 0 Å². The Morgan fingerprint density at radius 3 is 3.13 bits per heavy atom. The van der Waals surface area contributed by atoms with Gasteiger partial charge in [0, 0.05) is 31.7 Å². The topological polar surface area (TPSA) is 63.3 Å². The number of carbonyl (C=O) groups is 1. The van der Waals surface area contributed by atoms with Crippen LogP contribution in [0.15, 0.2) is 29.1 Å². The van der Waals surface area contributed by atoms with Gasteiger partial charge in [-0.05, 0) is 44.9 Å². The molecule has 1 saturated heterocycles. The summed E-state index contributed by atoms with van der Waals surface area (Å²) in [5, 5.41) is 7.39. The number of nitrogens with one attached hydrogen (secondary N) is 1. The van der Waals surface area contributed by atoms with Crippen LogP contribution in [0.5, 0.6) is 0 Å². The lowest BCUT2D eigenvalue weighted by atomic mass is 10.1. The summed E-state index contributed by atoms with van der Waals surface area (Å²) in [5.74, 6) is 0.477. The summed E-state index contributed by atoms with van der Waals surface area (Å²) in [5.41, 5.74) is 2.74. The summed E-state index contributed by atoms with van der Waals surface area (Å²) in [6.07, 6.45) is 4.62. The molecule has 2 aromatic heterocycles. The molecule has 3 heterocycles. The second kappa shape index (κ2) is 7.00. The molecule has 6 nitrogen and oxygen atoms in total. The van der Waals surface area contributed by atoms with Crippen LogP contribution in [-0.4, -0.2) is 40.2 Å². The Balaban J connectivity index is 1.48. The smallest absolute Gasteiger partial charge is 0.269 e. The third kappa shape index (κ3) is 3.82. The molecule has 1 aliphatic heterocycles. The van der Waals surface area contributed by atoms with Crippen LogP contribution in [0.25, 0.3) is 0 Å². The van der Waals surface area contributed by atoms with Gasteiger partial charge in [0.2, 0.25) is 0 Å². The number of aryl methyl sites for hydroxylation is 2. The lowest BCUT2D eigenvalue weighted by Crippen LogP contribution is -2.32. The molecule has 1 aliphatic rings. The number of carbonyl (C=O) groups excluding carboxylic acids is 1. The van der Waals surface area contributed by atoms with Crippen molar-refractivity contribution >= 4 is 5.91 Å². The quantitative estimate of drug-likeness (QED) is 0.886. The largest absolute Gasteiger partial charge is 0.472 e. The van der Waals surface area contributed by atoms with Gasteiger partial charge in [0.15, 0.2) is 0 Å². The third-order valence-electron chi connectivity index (χ3n) is 4.34. The van der Waals surface area contributed by atoms with Crippen LogP contribution in [0.3, 0.4) is 0 Å². The fourth-order valence-corrected chi connectivity index (χ4v) is 3.16. The van der Waals surface area contributed by atoms with E-state index in [1.165, 1.54) is 5.56 Å². The monoisotopic (exact) mass is 316 g/mol. The van der Waals surface area contributed by atoms with Gasteiger partial charge in [-0.25, -0.2) is 0 Å². The van der Waals surface area contributed by atoms with E-state index in [1.807, 2.05) is 26.0 Å². The first-order valence-electron chi connectivity index (χ1n) is 8.21. The normalized spacial score (nSPS) is 18.4. The number of furan rings is 1. The van der Waals surface area contributed by atoms with Gasteiger partial charge in [0.1, 0.15) is 5.69 Å². The lowest BCUT2D eigenvalue weighted by Gasteiger charge is -2.15. The maximum absolute atomic E-state index is 12.3. The van der Waals surface area contributed by atoms with Crippen molar-refractivity contribution in [2.75, 3.05) is 19.6 Å². The molecule has 2 aromatic rings. The second-order valence-electron chi connectivity index (χ2n) is 6.22. The van der Waals surface area contributed by atoms with E-state index in [9.17, 15) is 4.79 Å². The van der Waals surface area contributed by atoms with Crippen molar-refractivity contribution in [2.24, 2.45) is 5.92 Å². The van der Waals surface area contributed by atoms with Crippen molar-refractivity contribution < 1.29 is 9.21 Å². The first-order valence-corrected chi connectivity index (χ1v) is 8.21. The van der Waals surface area contributed by atoms with E-state index in [4.69, 9.17) is 4.42 Å². The molecule has 1 amide bonds. The van der Waals surface area contributed by atoms with E-state index in [0.29, 0.717) is 24.7 Å². The molecule has 0 unspecified atom stereocenters. The zero-order chi connectivity index (χ0) is 16.2. The molecule has 1 atom stereocenters. The minimum atomic E-state index is -0.0271. The average molecular weight is 316 g/mol. The zero-order valence-corrected chi connectivity index (χ0v) is 13.8. The molecular weight excluding hydrogens is 292 g/mol. The van der Waals surface area contributed by atoms with Gasteiger partial charge in [-0.2, -0.15) is 5.10 Å². The molecular formula is C17H24N4O2. The Morgan fingerprint density at radius 1 is 1.52 bits per heavy atom. The number of likely N-dealkylation sites (tertiary alicyclic amines) is 1. The predicted molar refractivity (Wildman–Crippen MR) is 87.1 cm³/mol. The molecule has 124 valence electrons. The van der Waals surface area contributed by atoms with E-state index in [2.05, 4.69) is 15.3 Å². The van der Waals surface area contributed by atoms with Crippen molar-refractivity contribution in [1.29, 1.82) is 0 Å². The molecule has 0 saturated carbocycles. The number of nitrogens with zero attached hydrogens (tertiary/aromatic N) is 3. The summed E-state index contributed by atoms with van der Waals surface area (Å²) < 4.78 is 6.87. The van der Waals surface area contributed by atoms with Crippen LogP contribution in [-0.2, 0) is 13.1 Å². The first kappa shape index (κ1) is 15.8. The molecule has 0 bridgehead atoms. The van der Waals surface area contributed by atoms with E-state index in [0.717, 1.165) is 31.7 Å². The summed E-state index contributed by atoms with van der Waals surface area (Å²) in [6, 6.07) is 3.85. The minimum Gasteiger partial charge on any atom is -0.472 e. The highest BCUT2D eigenvalue weighted by Crippen LogP contribution is 2.18. The molecule has 0 radical (unpaired) electrons. The third-order valence-corrected chi connectivity index (χ3v) is 4.34. The van der Waals surface area contributed by atoms with Gasteiger partial charge < -0.3 is 9.73 Å². The Morgan fingerprint density at radius 2 is 2.39 bits per heavy atom. The molecule has 0 spiro atoms. The molecule has 3 rings (SSSR count). The van der Waals surface area contributed by atoms with Gasteiger partial charge in [-0.15, -0.1) is 0 Å². The molecule has 0 aliphatic carbocycles. The standard InChI is InChI=1S/C17H24N4O2/c1-3-21-16(8-13(2)19-21)17(22)18-9-14-4-6-20(10-14)11-15-5-7-23-12-15/h5,7-8,12,14H,3-4,6,9-11H2,1-2H3,(H,18,22)/t14-/m1/s1. The van der Waals surface area contributed by atoms with E-state index >= 15 is 0 Å². The average Bonchev–Trinajstić information content (AvgIpc) is 3.26. The minimum absolute atomic E-state index is 0.0271.